The van der Waals surface area contributed by atoms with Gasteiger partial charge in [0.2, 0.25) is 5.91 Å². The van der Waals surface area contributed by atoms with Crippen molar-refractivity contribution in [2.45, 2.75) is 19.5 Å². The fourth-order valence-electron chi connectivity index (χ4n) is 2.31. The van der Waals surface area contributed by atoms with Crippen LogP contribution in [0, 0.1) is 0 Å². The number of rotatable bonds is 6. The summed E-state index contributed by atoms with van der Waals surface area (Å²) < 4.78 is 6.61. The van der Waals surface area contributed by atoms with Crippen LogP contribution in [0.25, 0.3) is 10.9 Å². The third-order valence-corrected chi connectivity index (χ3v) is 3.16. The molecule has 1 amide bonds. The quantitative estimate of drug-likeness (QED) is 0.844. The highest BCUT2D eigenvalue weighted by molar-refractivity contribution is 6.03. The normalized spacial score (nSPS) is 12.3. The number of hydrogen-bond acceptors (Lipinski definition) is 3. The molecule has 2 N–H and O–H groups in total. The van der Waals surface area contributed by atoms with Crippen LogP contribution in [0.2, 0.25) is 0 Å². The predicted molar refractivity (Wildman–Crippen MR) is 78.4 cm³/mol. The highest BCUT2D eigenvalue weighted by Crippen LogP contribution is 2.21. The molecule has 0 aliphatic heterocycles. The van der Waals surface area contributed by atoms with Crippen LogP contribution in [0.15, 0.2) is 30.5 Å². The molecule has 0 aliphatic carbocycles. The van der Waals surface area contributed by atoms with Crippen LogP contribution in [-0.2, 0) is 16.1 Å². The lowest BCUT2D eigenvalue weighted by Crippen LogP contribution is -2.37. The molecule has 0 bridgehead atoms. The van der Waals surface area contributed by atoms with E-state index >= 15 is 0 Å². The van der Waals surface area contributed by atoms with Crippen LogP contribution < -0.4 is 5.32 Å². The molecule has 0 saturated heterocycles. The van der Waals surface area contributed by atoms with E-state index in [1.54, 1.807) is 29.9 Å². The fraction of sp³-hybridized carbons (Fsp3) is 0.333. The van der Waals surface area contributed by atoms with Gasteiger partial charge in [0.25, 0.3) is 0 Å². The molecule has 1 aromatic heterocycles. The number of carbonyl (C=O) groups excluding carboxylic acids is 1. The molecule has 0 aliphatic rings. The number of aromatic carboxylic acids is 1. The number of nitrogens with zero attached hydrogens (tertiary/aromatic N) is 1. The van der Waals surface area contributed by atoms with Gasteiger partial charge in [0.05, 0.1) is 12.2 Å². The van der Waals surface area contributed by atoms with Gasteiger partial charge < -0.3 is 19.7 Å². The van der Waals surface area contributed by atoms with Crippen molar-refractivity contribution in [1.29, 1.82) is 0 Å². The largest absolute Gasteiger partial charge is 0.478 e. The second-order valence-corrected chi connectivity index (χ2v) is 4.92. The molecule has 112 valence electrons. The van der Waals surface area contributed by atoms with Gasteiger partial charge in [-0.3, -0.25) is 4.79 Å². The number of nitrogens with one attached hydrogen (secondary N) is 1. The molecular weight excluding hydrogens is 272 g/mol. The Morgan fingerprint density at radius 3 is 2.76 bits per heavy atom. The Morgan fingerprint density at radius 1 is 1.38 bits per heavy atom. The topological polar surface area (TPSA) is 80.6 Å². The summed E-state index contributed by atoms with van der Waals surface area (Å²) in [6.45, 7) is 2.35. The van der Waals surface area contributed by atoms with Crippen molar-refractivity contribution in [2.24, 2.45) is 0 Å². The molecule has 0 fully saturated rings. The first-order valence-electron chi connectivity index (χ1n) is 6.62. The predicted octanol–water partition coefficient (Wildman–Crippen LogP) is 1.49. The second kappa shape index (κ2) is 6.41. The fourth-order valence-corrected chi connectivity index (χ4v) is 2.31. The molecule has 1 atom stereocenters. The SMILES string of the molecule is COCC(C)NC(=O)Cn1cc(C(=O)O)c2ccccc21. The minimum Gasteiger partial charge on any atom is -0.478 e. The van der Waals surface area contributed by atoms with E-state index in [1.807, 2.05) is 13.0 Å². The van der Waals surface area contributed by atoms with Crippen molar-refractivity contribution in [3.05, 3.63) is 36.0 Å². The molecule has 1 heterocycles. The lowest BCUT2D eigenvalue weighted by atomic mass is 10.2. The average Bonchev–Trinajstić information content (AvgIpc) is 2.78. The number of carboxylic acid groups (broad SMARTS) is 1. The van der Waals surface area contributed by atoms with Crippen molar-refractivity contribution in [3.8, 4) is 0 Å². The van der Waals surface area contributed by atoms with Gasteiger partial charge >= 0.3 is 5.97 Å². The number of ether oxygens (including phenoxy) is 1. The van der Waals surface area contributed by atoms with E-state index in [4.69, 9.17) is 4.74 Å². The van der Waals surface area contributed by atoms with Crippen molar-refractivity contribution in [2.75, 3.05) is 13.7 Å². The van der Waals surface area contributed by atoms with Gasteiger partial charge in [-0.2, -0.15) is 0 Å². The van der Waals surface area contributed by atoms with Crippen LogP contribution in [0.5, 0.6) is 0 Å². The Kier molecular flexibility index (Phi) is 4.59. The average molecular weight is 290 g/mol. The Labute approximate surface area is 122 Å². The van der Waals surface area contributed by atoms with E-state index in [-0.39, 0.29) is 24.1 Å². The zero-order chi connectivity index (χ0) is 15.4. The second-order valence-electron chi connectivity index (χ2n) is 4.92. The number of aromatic nitrogens is 1. The summed E-state index contributed by atoms with van der Waals surface area (Å²) in [5.41, 5.74) is 0.924. The zero-order valence-corrected chi connectivity index (χ0v) is 12.0. The highest BCUT2D eigenvalue weighted by atomic mass is 16.5. The van der Waals surface area contributed by atoms with E-state index < -0.39 is 5.97 Å². The number of hydrogen-bond donors (Lipinski definition) is 2. The van der Waals surface area contributed by atoms with Gasteiger partial charge in [0.1, 0.15) is 6.54 Å². The summed E-state index contributed by atoms with van der Waals surface area (Å²) in [6.07, 6.45) is 1.49. The Balaban J connectivity index is 2.22. The van der Waals surface area contributed by atoms with E-state index in [2.05, 4.69) is 5.32 Å². The standard InChI is InChI=1S/C15H18N2O4/c1-10(9-21-2)16-14(18)8-17-7-12(15(19)20)11-5-3-4-6-13(11)17/h3-7,10H,8-9H2,1-2H3,(H,16,18)(H,19,20). The number of para-hydroxylation sites is 1. The molecule has 2 rings (SSSR count). The maximum absolute atomic E-state index is 12.0. The van der Waals surface area contributed by atoms with E-state index in [9.17, 15) is 14.7 Å². The molecule has 6 nitrogen and oxygen atoms in total. The van der Waals surface area contributed by atoms with Crippen LogP contribution in [0.3, 0.4) is 0 Å². The minimum absolute atomic E-state index is 0.0713. The molecule has 21 heavy (non-hydrogen) atoms. The van der Waals surface area contributed by atoms with E-state index in [0.717, 1.165) is 5.52 Å². The summed E-state index contributed by atoms with van der Waals surface area (Å²) in [6, 6.07) is 7.03. The summed E-state index contributed by atoms with van der Waals surface area (Å²) in [4.78, 5) is 23.2. The number of carboxylic acids is 1. The molecule has 0 saturated carbocycles. The molecule has 2 aromatic rings. The molecule has 1 unspecified atom stereocenters. The maximum atomic E-state index is 12.0. The van der Waals surface area contributed by atoms with Crippen molar-refractivity contribution in [3.63, 3.8) is 0 Å². The van der Waals surface area contributed by atoms with E-state index in [0.29, 0.717) is 12.0 Å². The van der Waals surface area contributed by atoms with Crippen LogP contribution >= 0.6 is 0 Å². The number of amides is 1. The third-order valence-electron chi connectivity index (χ3n) is 3.16. The lowest BCUT2D eigenvalue weighted by molar-refractivity contribution is -0.122. The van der Waals surface area contributed by atoms with Gasteiger partial charge in [0.15, 0.2) is 0 Å². The van der Waals surface area contributed by atoms with Crippen LogP contribution in [-0.4, -0.2) is 41.3 Å². The Hall–Kier alpha value is -2.34. The summed E-state index contributed by atoms with van der Waals surface area (Å²) in [7, 11) is 1.57. The van der Waals surface area contributed by atoms with Gasteiger partial charge in [-0.25, -0.2) is 4.79 Å². The third kappa shape index (κ3) is 3.41. The molecular formula is C15H18N2O4. The minimum atomic E-state index is -1.00. The number of methoxy groups -OCH3 is 1. The van der Waals surface area contributed by atoms with Gasteiger partial charge in [0, 0.05) is 30.3 Å². The Bertz CT molecular complexity index is 663. The Morgan fingerprint density at radius 2 is 2.10 bits per heavy atom. The van der Waals surface area contributed by atoms with Gasteiger partial charge in [-0.1, -0.05) is 18.2 Å². The van der Waals surface area contributed by atoms with Crippen molar-refractivity contribution < 1.29 is 19.4 Å². The van der Waals surface area contributed by atoms with Crippen LogP contribution in [0.1, 0.15) is 17.3 Å². The van der Waals surface area contributed by atoms with Crippen LogP contribution in [0.4, 0.5) is 0 Å². The molecule has 1 aromatic carbocycles. The van der Waals surface area contributed by atoms with Crippen molar-refractivity contribution in [1.82, 2.24) is 9.88 Å². The molecule has 0 spiro atoms. The first-order chi connectivity index (χ1) is 10.0. The monoisotopic (exact) mass is 290 g/mol. The molecule has 0 radical (unpaired) electrons. The first kappa shape index (κ1) is 15.1. The lowest BCUT2D eigenvalue weighted by Gasteiger charge is -2.13. The number of benzene rings is 1. The maximum Gasteiger partial charge on any atom is 0.337 e. The van der Waals surface area contributed by atoms with E-state index in [1.165, 1.54) is 6.20 Å². The number of fused-ring (bicyclic) bond motifs is 1. The zero-order valence-electron chi connectivity index (χ0n) is 12.0. The summed E-state index contributed by atoms with van der Waals surface area (Å²) in [5.74, 6) is -1.18. The van der Waals surface area contributed by atoms with Gasteiger partial charge in [-0.15, -0.1) is 0 Å². The smallest absolute Gasteiger partial charge is 0.337 e. The summed E-state index contributed by atoms with van der Waals surface area (Å²) in [5, 5.41) is 12.6. The summed E-state index contributed by atoms with van der Waals surface area (Å²) >= 11 is 0. The molecule has 6 heteroatoms. The first-order valence-corrected chi connectivity index (χ1v) is 6.62. The van der Waals surface area contributed by atoms with Gasteiger partial charge in [-0.05, 0) is 13.0 Å². The van der Waals surface area contributed by atoms with Crippen molar-refractivity contribution >= 4 is 22.8 Å². The number of carbonyl (C=O) groups is 2. The highest BCUT2D eigenvalue weighted by Gasteiger charge is 2.15.